The Morgan fingerprint density at radius 2 is 1.92 bits per heavy atom. The summed E-state index contributed by atoms with van der Waals surface area (Å²) < 4.78 is 0.730. The van der Waals surface area contributed by atoms with Crippen LogP contribution in [0.2, 0.25) is 0 Å². The van der Waals surface area contributed by atoms with Crippen molar-refractivity contribution < 1.29 is 5.11 Å². The summed E-state index contributed by atoms with van der Waals surface area (Å²) in [6.07, 6.45) is 3.75. The smallest absolute Gasteiger partial charge is 0.136 e. The van der Waals surface area contributed by atoms with Crippen LogP contribution in [0.1, 0.15) is 26.3 Å². The Hall–Kier alpha value is -0.760. The van der Waals surface area contributed by atoms with Gasteiger partial charge in [0.2, 0.25) is 0 Å². The Morgan fingerprint density at radius 3 is 2.46 bits per heavy atom. The maximum Gasteiger partial charge on any atom is 0.136 e. The third-order valence-electron chi connectivity index (χ3n) is 1.36. The van der Waals surface area contributed by atoms with Gasteiger partial charge in [-0.05, 0) is 28.9 Å². The first-order valence-corrected chi connectivity index (χ1v) is 5.15. The lowest BCUT2D eigenvalue weighted by Gasteiger charge is -1.99. The van der Waals surface area contributed by atoms with Gasteiger partial charge in [0.15, 0.2) is 0 Å². The molecule has 1 N–H and O–H groups in total. The van der Waals surface area contributed by atoms with Crippen molar-refractivity contribution in [3.05, 3.63) is 34.3 Å². The fourth-order valence-electron chi connectivity index (χ4n) is 0.846. The van der Waals surface area contributed by atoms with E-state index in [0.717, 1.165) is 10.0 Å². The fraction of sp³-hybridized carbons (Fsp3) is 0.273. The van der Waals surface area contributed by atoms with Crippen LogP contribution in [0.25, 0.3) is 6.08 Å². The van der Waals surface area contributed by atoms with E-state index in [-0.39, 0.29) is 0 Å². The highest BCUT2D eigenvalue weighted by atomic mass is 79.9. The van der Waals surface area contributed by atoms with Gasteiger partial charge in [0.05, 0.1) is 4.47 Å². The number of allylic oxidation sites excluding steroid dienone is 1. The average molecular weight is 243 g/mol. The minimum Gasteiger partial charge on any atom is -0.506 e. The van der Waals surface area contributed by atoms with Crippen LogP contribution in [0.4, 0.5) is 0 Å². The van der Waals surface area contributed by atoms with Gasteiger partial charge in [-0.2, -0.15) is 0 Å². The first-order chi connectivity index (χ1) is 6.25. The molecule has 0 radical (unpaired) electrons. The second-order valence-electron chi connectivity index (χ2n) is 2.18. The van der Waals surface area contributed by atoms with E-state index in [1.54, 1.807) is 0 Å². The van der Waals surface area contributed by atoms with E-state index in [2.05, 4.69) is 15.9 Å². The average Bonchev–Trinajstić information content (AvgIpc) is 2.17. The summed E-state index contributed by atoms with van der Waals surface area (Å²) in [7, 11) is 0. The van der Waals surface area contributed by atoms with E-state index >= 15 is 0 Å². The van der Waals surface area contributed by atoms with Crippen LogP contribution in [-0.2, 0) is 0 Å². The van der Waals surface area contributed by atoms with Gasteiger partial charge in [0.25, 0.3) is 0 Å². The van der Waals surface area contributed by atoms with E-state index in [1.807, 2.05) is 51.1 Å². The molecular formula is C11H15BrO. The van der Waals surface area contributed by atoms with Gasteiger partial charge in [-0.25, -0.2) is 0 Å². The van der Waals surface area contributed by atoms with Crippen molar-refractivity contribution in [2.75, 3.05) is 0 Å². The normalized spacial score (nSPS) is 9.54. The molecule has 0 bridgehead atoms. The maximum absolute atomic E-state index is 9.43. The predicted molar refractivity (Wildman–Crippen MR) is 61.9 cm³/mol. The maximum atomic E-state index is 9.43. The highest BCUT2D eigenvalue weighted by Gasteiger charge is 1.99. The predicted octanol–water partition coefficient (Wildman–Crippen LogP) is 4.21. The molecule has 1 aromatic carbocycles. The summed E-state index contributed by atoms with van der Waals surface area (Å²) in [4.78, 5) is 0. The number of hydrogen-bond acceptors (Lipinski definition) is 1. The Bertz CT molecular complexity index is 279. The highest BCUT2D eigenvalue weighted by molar-refractivity contribution is 9.10. The second-order valence-corrected chi connectivity index (χ2v) is 3.03. The zero-order chi connectivity index (χ0) is 10.3. The zero-order valence-electron chi connectivity index (χ0n) is 8.21. The Balaban J connectivity index is 0.000000671. The van der Waals surface area contributed by atoms with Crippen molar-refractivity contribution in [2.45, 2.75) is 20.8 Å². The van der Waals surface area contributed by atoms with Crippen LogP contribution in [0.15, 0.2) is 28.7 Å². The first-order valence-electron chi connectivity index (χ1n) is 4.36. The van der Waals surface area contributed by atoms with Crippen LogP contribution >= 0.6 is 15.9 Å². The molecule has 0 unspecified atom stereocenters. The molecule has 0 aliphatic carbocycles. The lowest BCUT2D eigenvalue weighted by Crippen LogP contribution is -1.74. The molecule has 0 aliphatic rings. The Kier molecular flexibility index (Phi) is 6.33. The first kappa shape index (κ1) is 12.2. The molecule has 0 heterocycles. The van der Waals surface area contributed by atoms with Crippen molar-refractivity contribution in [1.82, 2.24) is 0 Å². The number of rotatable bonds is 1. The molecule has 0 saturated carbocycles. The Morgan fingerprint density at radius 1 is 1.31 bits per heavy atom. The molecule has 0 aromatic heterocycles. The molecule has 1 rings (SSSR count). The number of aromatic hydroxyl groups is 1. The molecule has 1 aromatic rings. The van der Waals surface area contributed by atoms with Gasteiger partial charge in [0.1, 0.15) is 5.75 Å². The standard InChI is InChI=1S/C9H9BrO.C2H6/c1-2-4-7-5-3-6-8(10)9(7)11;1-2/h2-6,11H,1H3;1-2H3/b4-2+;. The molecule has 0 aliphatic heterocycles. The summed E-state index contributed by atoms with van der Waals surface area (Å²) >= 11 is 3.23. The molecule has 13 heavy (non-hydrogen) atoms. The molecule has 72 valence electrons. The number of halogens is 1. The molecule has 2 heteroatoms. The van der Waals surface area contributed by atoms with E-state index < -0.39 is 0 Å². The van der Waals surface area contributed by atoms with Gasteiger partial charge in [-0.15, -0.1) is 0 Å². The van der Waals surface area contributed by atoms with Crippen molar-refractivity contribution in [2.24, 2.45) is 0 Å². The largest absolute Gasteiger partial charge is 0.506 e. The fourth-order valence-corrected chi connectivity index (χ4v) is 1.23. The minimum atomic E-state index is 0.297. The number of para-hydroxylation sites is 1. The van der Waals surface area contributed by atoms with Gasteiger partial charge in [0, 0.05) is 5.56 Å². The summed E-state index contributed by atoms with van der Waals surface area (Å²) in [6, 6.07) is 5.56. The van der Waals surface area contributed by atoms with Crippen molar-refractivity contribution in [3.63, 3.8) is 0 Å². The lowest BCUT2D eigenvalue weighted by molar-refractivity contribution is 0.470. The van der Waals surface area contributed by atoms with Gasteiger partial charge < -0.3 is 5.11 Å². The molecule has 0 saturated heterocycles. The minimum absolute atomic E-state index is 0.297. The van der Waals surface area contributed by atoms with E-state index in [4.69, 9.17) is 0 Å². The molecular weight excluding hydrogens is 228 g/mol. The van der Waals surface area contributed by atoms with Crippen LogP contribution in [0.3, 0.4) is 0 Å². The number of phenols is 1. The molecule has 0 spiro atoms. The van der Waals surface area contributed by atoms with Crippen LogP contribution in [0, 0.1) is 0 Å². The molecule has 0 fully saturated rings. The molecule has 0 atom stereocenters. The summed E-state index contributed by atoms with van der Waals surface area (Å²) in [5.41, 5.74) is 0.835. The summed E-state index contributed by atoms with van der Waals surface area (Å²) in [5, 5.41) is 9.43. The van der Waals surface area contributed by atoms with E-state index in [1.165, 1.54) is 0 Å². The van der Waals surface area contributed by atoms with Gasteiger partial charge in [-0.3, -0.25) is 0 Å². The second kappa shape index (κ2) is 6.72. The molecule has 1 nitrogen and oxygen atoms in total. The van der Waals surface area contributed by atoms with Crippen molar-refractivity contribution >= 4 is 22.0 Å². The van der Waals surface area contributed by atoms with E-state index in [9.17, 15) is 5.11 Å². The highest BCUT2D eigenvalue weighted by Crippen LogP contribution is 2.27. The number of benzene rings is 1. The topological polar surface area (TPSA) is 20.2 Å². The SMILES string of the molecule is C/C=C/c1cccc(Br)c1O.CC. The lowest BCUT2D eigenvalue weighted by atomic mass is 10.2. The summed E-state index contributed by atoms with van der Waals surface area (Å²) in [5.74, 6) is 0.297. The number of hydrogen-bond donors (Lipinski definition) is 1. The monoisotopic (exact) mass is 242 g/mol. The summed E-state index contributed by atoms with van der Waals surface area (Å²) in [6.45, 7) is 5.92. The third kappa shape index (κ3) is 3.64. The van der Waals surface area contributed by atoms with Gasteiger partial charge in [-0.1, -0.05) is 38.1 Å². The van der Waals surface area contributed by atoms with Crippen LogP contribution < -0.4 is 0 Å². The number of phenolic OH excluding ortho intramolecular Hbond substituents is 1. The third-order valence-corrected chi connectivity index (χ3v) is 2.00. The van der Waals surface area contributed by atoms with Crippen LogP contribution in [-0.4, -0.2) is 5.11 Å². The van der Waals surface area contributed by atoms with E-state index in [0.29, 0.717) is 5.75 Å². The zero-order valence-corrected chi connectivity index (χ0v) is 9.80. The van der Waals surface area contributed by atoms with Crippen molar-refractivity contribution in [1.29, 1.82) is 0 Å². The molecule has 0 amide bonds. The van der Waals surface area contributed by atoms with Crippen molar-refractivity contribution in [3.8, 4) is 5.75 Å². The Labute approximate surface area is 88.2 Å². The van der Waals surface area contributed by atoms with Crippen LogP contribution in [0.5, 0.6) is 5.75 Å². The van der Waals surface area contributed by atoms with Gasteiger partial charge >= 0.3 is 0 Å². The quantitative estimate of drug-likeness (QED) is 0.783.